The minimum atomic E-state index is -0.794. The van der Waals surface area contributed by atoms with Crippen molar-refractivity contribution >= 4 is 11.8 Å². The molecule has 2 aromatic carbocycles. The highest BCUT2D eigenvalue weighted by Crippen LogP contribution is 2.49. The summed E-state index contributed by atoms with van der Waals surface area (Å²) in [5.74, 6) is 0.470. The number of amides is 2. The summed E-state index contributed by atoms with van der Waals surface area (Å²) in [6.45, 7) is 9.05. The molecule has 0 spiro atoms. The van der Waals surface area contributed by atoms with Gasteiger partial charge in [-0.2, -0.15) is 0 Å². The van der Waals surface area contributed by atoms with Gasteiger partial charge in [-0.1, -0.05) is 81.3 Å². The van der Waals surface area contributed by atoms with Crippen molar-refractivity contribution in [2.45, 2.75) is 103 Å². The van der Waals surface area contributed by atoms with Crippen LogP contribution in [0.25, 0.3) is 0 Å². The van der Waals surface area contributed by atoms with Gasteiger partial charge in [0.2, 0.25) is 11.8 Å². The van der Waals surface area contributed by atoms with Gasteiger partial charge in [-0.3, -0.25) is 9.59 Å². The van der Waals surface area contributed by atoms with Crippen molar-refractivity contribution in [1.82, 2.24) is 9.80 Å². The number of aliphatic hydroxyl groups excluding tert-OH is 1. The highest BCUT2D eigenvalue weighted by Gasteiger charge is 2.54. The van der Waals surface area contributed by atoms with Gasteiger partial charge in [-0.25, -0.2) is 0 Å². The molecule has 1 saturated carbocycles. The van der Waals surface area contributed by atoms with Gasteiger partial charge in [0, 0.05) is 31.8 Å². The number of hydrogen-bond donors (Lipinski definition) is 1. The van der Waals surface area contributed by atoms with Gasteiger partial charge in [0.15, 0.2) is 0 Å². The Morgan fingerprint density at radius 2 is 1.71 bits per heavy atom. The van der Waals surface area contributed by atoms with Crippen LogP contribution in [0.2, 0.25) is 0 Å². The van der Waals surface area contributed by atoms with Crippen molar-refractivity contribution < 1.29 is 19.4 Å². The van der Waals surface area contributed by atoms with E-state index >= 15 is 0 Å². The minimum Gasteiger partial charge on any atom is -0.391 e. The molecule has 6 nitrogen and oxygen atoms in total. The zero-order chi connectivity index (χ0) is 29.1. The van der Waals surface area contributed by atoms with Crippen LogP contribution in [0.3, 0.4) is 0 Å². The van der Waals surface area contributed by atoms with E-state index in [0.29, 0.717) is 37.6 Å². The number of benzene rings is 2. The largest absolute Gasteiger partial charge is 0.391 e. The van der Waals surface area contributed by atoms with Gasteiger partial charge in [-0.15, -0.1) is 0 Å². The molecule has 2 fully saturated rings. The summed E-state index contributed by atoms with van der Waals surface area (Å²) < 4.78 is 6.49. The number of rotatable bonds is 11. The van der Waals surface area contributed by atoms with Gasteiger partial charge >= 0.3 is 0 Å². The quantitative estimate of drug-likeness (QED) is 0.370. The monoisotopic (exact) mass is 560 g/mol. The molecule has 2 aliphatic carbocycles. The molecule has 1 N–H and O–H groups in total. The molecule has 1 saturated heterocycles. The number of aliphatic hydroxyl groups is 1. The number of carbonyl (C=O) groups is 2. The first-order valence-corrected chi connectivity index (χ1v) is 15.7. The third kappa shape index (κ3) is 6.86. The van der Waals surface area contributed by atoms with Crippen molar-refractivity contribution in [3.8, 4) is 0 Å². The Kier molecular flexibility index (Phi) is 9.20. The first kappa shape index (κ1) is 29.8. The maximum Gasteiger partial charge on any atom is 0.228 e. The topological polar surface area (TPSA) is 70.1 Å². The SMILES string of the molecule is CC(C)CN(C[C@@H](O)C[C@@H](Cc1ccccc1)C(=O)N1C2c3ccccc3C[C@H]2OC1(C)C)C(=O)CC1CCCC1. The first-order chi connectivity index (χ1) is 19.6. The van der Waals surface area contributed by atoms with Crippen LogP contribution < -0.4 is 0 Å². The predicted octanol–water partition coefficient (Wildman–Crippen LogP) is 5.92. The van der Waals surface area contributed by atoms with Crippen LogP contribution >= 0.6 is 0 Å². The highest BCUT2D eigenvalue weighted by molar-refractivity contribution is 5.81. The molecule has 2 amide bonds. The summed E-state index contributed by atoms with van der Waals surface area (Å²) in [7, 11) is 0. The zero-order valence-corrected chi connectivity index (χ0v) is 25.3. The van der Waals surface area contributed by atoms with Gasteiger partial charge in [0.05, 0.1) is 18.2 Å². The Morgan fingerprint density at radius 3 is 2.41 bits per heavy atom. The molecule has 4 atom stereocenters. The maximum atomic E-state index is 14.5. The van der Waals surface area contributed by atoms with E-state index in [-0.39, 0.29) is 30.5 Å². The van der Waals surface area contributed by atoms with Crippen molar-refractivity contribution in [3.63, 3.8) is 0 Å². The molecule has 41 heavy (non-hydrogen) atoms. The van der Waals surface area contributed by atoms with E-state index in [9.17, 15) is 14.7 Å². The summed E-state index contributed by atoms with van der Waals surface area (Å²) in [4.78, 5) is 31.7. The third-order valence-corrected chi connectivity index (χ3v) is 9.22. The van der Waals surface area contributed by atoms with Gasteiger partial charge in [-0.05, 0) is 68.1 Å². The number of nitrogens with zero attached hydrogens (tertiary/aromatic N) is 2. The van der Waals surface area contributed by atoms with Crippen LogP contribution in [0.5, 0.6) is 0 Å². The fraction of sp³-hybridized carbons (Fsp3) is 0.600. The Hall–Kier alpha value is -2.70. The zero-order valence-electron chi connectivity index (χ0n) is 25.3. The smallest absolute Gasteiger partial charge is 0.228 e. The van der Waals surface area contributed by atoms with Crippen LogP contribution in [0.15, 0.2) is 54.6 Å². The molecular weight excluding hydrogens is 512 g/mol. The predicted molar refractivity (Wildman–Crippen MR) is 161 cm³/mol. The molecule has 222 valence electrons. The maximum absolute atomic E-state index is 14.5. The Morgan fingerprint density at radius 1 is 1.02 bits per heavy atom. The van der Waals surface area contributed by atoms with Gasteiger partial charge in [0.25, 0.3) is 0 Å². The second kappa shape index (κ2) is 12.7. The van der Waals surface area contributed by atoms with Crippen LogP contribution in [0.4, 0.5) is 0 Å². The Balaban J connectivity index is 1.36. The summed E-state index contributed by atoms with van der Waals surface area (Å²) in [6, 6.07) is 18.2. The minimum absolute atomic E-state index is 0.00907. The number of hydrogen-bond acceptors (Lipinski definition) is 4. The summed E-state index contributed by atoms with van der Waals surface area (Å²) in [5, 5.41) is 11.5. The van der Waals surface area contributed by atoms with Crippen molar-refractivity contribution in [1.29, 1.82) is 0 Å². The lowest BCUT2D eigenvalue weighted by Gasteiger charge is -2.37. The molecule has 0 radical (unpaired) electrons. The van der Waals surface area contributed by atoms with E-state index in [0.717, 1.165) is 30.4 Å². The molecule has 1 heterocycles. The molecular formula is C35H48N2O4. The van der Waals surface area contributed by atoms with Crippen LogP contribution in [0, 0.1) is 17.8 Å². The molecule has 1 aliphatic heterocycles. The fourth-order valence-electron chi connectivity index (χ4n) is 7.45. The molecule has 1 unspecified atom stereocenters. The van der Waals surface area contributed by atoms with Crippen molar-refractivity contribution in [2.75, 3.05) is 13.1 Å². The molecule has 0 bridgehead atoms. The van der Waals surface area contributed by atoms with Gasteiger partial charge in [0.1, 0.15) is 5.72 Å². The molecule has 5 rings (SSSR count). The number of fused-ring (bicyclic) bond motifs is 3. The second-order valence-corrected chi connectivity index (χ2v) is 13.5. The Bertz CT molecular complexity index is 1190. The number of carbonyl (C=O) groups excluding carboxylic acids is 2. The molecule has 2 aromatic rings. The molecule has 0 aromatic heterocycles. The third-order valence-electron chi connectivity index (χ3n) is 9.22. The first-order valence-electron chi connectivity index (χ1n) is 15.7. The van der Waals surface area contributed by atoms with E-state index in [1.807, 2.05) is 66.1 Å². The van der Waals surface area contributed by atoms with Crippen LogP contribution in [-0.4, -0.2) is 57.7 Å². The lowest BCUT2D eigenvalue weighted by molar-refractivity contribution is -0.153. The number of ether oxygens (including phenoxy) is 1. The lowest BCUT2D eigenvalue weighted by Crippen LogP contribution is -2.49. The second-order valence-electron chi connectivity index (χ2n) is 13.5. The molecule has 6 heteroatoms. The van der Waals surface area contributed by atoms with E-state index in [1.54, 1.807) is 0 Å². The van der Waals surface area contributed by atoms with Gasteiger partial charge < -0.3 is 19.6 Å². The highest BCUT2D eigenvalue weighted by atomic mass is 16.5. The summed E-state index contributed by atoms with van der Waals surface area (Å²) in [5.41, 5.74) is 2.72. The molecule has 3 aliphatic rings. The fourth-order valence-corrected chi connectivity index (χ4v) is 7.45. The average molecular weight is 561 g/mol. The van der Waals surface area contributed by atoms with E-state index in [4.69, 9.17) is 4.74 Å². The van der Waals surface area contributed by atoms with Crippen LogP contribution in [-0.2, 0) is 27.2 Å². The van der Waals surface area contributed by atoms with Crippen molar-refractivity contribution in [2.24, 2.45) is 17.8 Å². The lowest BCUT2D eigenvalue weighted by atomic mass is 9.90. The normalized spacial score (nSPS) is 22.9. The van der Waals surface area contributed by atoms with E-state index in [2.05, 4.69) is 26.0 Å². The van der Waals surface area contributed by atoms with Crippen molar-refractivity contribution in [3.05, 3.63) is 71.3 Å². The summed E-state index contributed by atoms with van der Waals surface area (Å²) in [6.07, 6.45) is 5.98. The Labute approximate surface area is 246 Å². The van der Waals surface area contributed by atoms with E-state index in [1.165, 1.54) is 18.4 Å². The van der Waals surface area contributed by atoms with E-state index < -0.39 is 17.7 Å². The average Bonchev–Trinajstić information content (AvgIpc) is 3.61. The van der Waals surface area contributed by atoms with Crippen LogP contribution in [0.1, 0.15) is 89.0 Å². The standard InChI is InChI=1S/C35H48N2O4/c1-24(2)22-36(32(39)19-26-14-8-9-15-26)23-29(38)20-28(18-25-12-6-5-7-13-25)34(40)37-33-30-17-11-10-16-27(30)21-31(33)41-35(37,3)4/h5-7,10-13,16-17,24,26,28-29,31,33,38H,8-9,14-15,18-23H2,1-4H3/t28-,29+,31-,33?/m1/s1. The summed E-state index contributed by atoms with van der Waals surface area (Å²) >= 11 is 0.